The van der Waals surface area contributed by atoms with Crippen LogP contribution in [0.15, 0.2) is 249 Å². The Balaban J connectivity index is 1.09. The average molecular weight is 897 g/mol. The van der Waals surface area contributed by atoms with Crippen LogP contribution in [-0.2, 0) is 0 Å². The van der Waals surface area contributed by atoms with E-state index >= 15 is 0 Å². The minimum atomic E-state index is 0.552. The molecule has 0 radical (unpaired) electrons. The van der Waals surface area contributed by atoms with Gasteiger partial charge in [-0.1, -0.05) is 219 Å². The van der Waals surface area contributed by atoms with Gasteiger partial charge in [-0.15, -0.1) is 0 Å². The van der Waals surface area contributed by atoms with Gasteiger partial charge in [0.2, 0.25) is 0 Å². The quantitative estimate of drug-likeness (QED) is 0.140. The van der Waals surface area contributed by atoms with E-state index in [-0.39, 0.29) is 0 Å². The summed E-state index contributed by atoms with van der Waals surface area (Å²) in [5, 5.41) is 7.65. The molecule has 0 spiro atoms. The van der Waals surface area contributed by atoms with Gasteiger partial charge in [0.25, 0.3) is 0 Å². The Hall–Kier alpha value is -8.46. The fourth-order valence-corrected chi connectivity index (χ4v) is 11.8. The first-order valence-electron chi connectivity index (χ1n) is 25.0. The van der Waals surface area contributed by atoms with E-state index in [0.29, 0.717) is 5.92 Å². The summed E-state index contributed by atoms with van der Waals surface area (Å²) < 4.78 is 2.41. The molecule has 334 valence electrons. The molecule has 13 rings (SSSR count). The summed E-state index contributed by atoms with van der Waals surface area (Å²) in [6.07, 6.45) is 6.40. The summed E-state index contributed by atoms with van der Waals surface area (Å²) in [7, 11) is 0. The highest BCUT2D eigenvalue weighted by molar-refractivity contribution is 6.16. The van der Waals surface area contributed by atoms with E-state index in [0.717, 1.165) is 28.3 Å². The zero-order valence-electron chi connectivity index (χ0n) is 39.2. The summed E-state index contributed by atoms with van der Waals surface area (Å²) >= 11 is 0. The van der Waals surface area contributed by atoms with Gasteiger partial charge in [0, 0.05) is 33.3 Å². The summed E-state index contributed by atoms with van der Waals surface area (Å²) in [5.41, 5.74) is 18.0. The number of benzene rings is 11. The van der Waals surface area contributed by atoms with E-state index in [1.54, 1.807) is 0 Å². The molecule has 2 nitrogen and oxygen atoms in total. The van der Waals surface area contributed by atoms with Gasteiger partial charge in [-0.3, -0.25) is 0 Å². The van der Waals surface area contributed by atoms with Crippen LogP contribution in [0.5, 0.6) is 0 Å². The fourth-order valence-electron chi connectivity index (χ4n) is 11.8. The third-order valence-corrected chi connectivity index (χ3v) is 15.0. The van der Waals surface area contributed by atoms with Crippen LogP contribution in [0.1, 0.15) is 43.6 Å². The van der Waals surface area contributed by atoms with Crippen LogP contribution in [0, 0.1) is 0 Å². The molecule has 0 atom stereocenters. The topological polar surface area (TPSA) is 8.17 Å². The highest BCUT2D eigenvalue weighted by Gasteiger charge is 2.26. The molecule has 0 aliphatic heterocycles. The molecular weight excluding hydrogens is 845 g/mol. The molecule has 11 aromatic carbocycles. The lowest BCUT2D eigenvalue weighted by Crippen LogP contribution is -2.13. The summed E-state index contributed by atoms with van der Waals surface area (Å²) in [6.45, 7) is 0. The lowest BCUT2D eigenvalue weighted by Gasteiger charge is -2.31. The van der Waals surface area contributed by atoms with Gasteiger partial charge in [0.05, 0.1) is 22.4 Å². The van der Waals surface area contributed by atoms with E-state index in [4.69, 9.17) is 0 Å². The lowest BCUT2D eigenvalue weighted by molar-refractivity contribution is 0.445. The molecule has 70 heavy (non-hydrogen) atoms. The van der Waals surface area contributed by atoms with Gasteiger partial charge in [-0.05, 0) is 128 Å². The van der Waals surface area contributed by atoms with Crippen molar-refractivity contribution in [2.75, 3.05) is 4.90 Å². The molecule has 2 heteroatoms. The van der Waals surface area contributed by atoms with Crippen molar-refractivity contribution in [3.8, 4) is 50.2 Å². The van der Waals surface area contributed by atoms with Gasteiger partial charge in [-0.25, -0.2) is 0 Å². The van der Waals surface area contributed by atoms with Crippen LogP contribution < -0.4 is 4.90 Å². The van der Waals surface area contributed by atoms with Crippen molar-refractivity contribution < 1.29 is 0 Å². The molecule has 0 unspecified atom stereocenters. The molecule has 0 bridgehead atoms. The molecule has 1 aromatic heterocycles. The van der Waals surface area contributed by atoms with E-state index in [9.17, 15) is 0 Å². The number of hydrogen-bond acceptors (Lipinski definition) is 1. The number of nitrogens with zero attached hydrogens (tertiary/aromatic N) is 2. The number of fused-ring (bicyclic) bond motifs is 5. The maximum atomic E-state index is 2.56. The number of aromatic nitrogens is 1. The van der Waals surface area contributed by atoms with Gasteiger partial charge in [0.1, 0.15) is 0 Å². The van der Waals surface area contributed by atoms with Crippen molar-refractivity contribution in [1.82, 2.24) is 4.57 Å². The third-order valence-electron chi connectivity index (χ3n) is 15.0. The molecule has 1 heterocycles. The highest BCUT2D eigenvalue weighted by Crippen LogP contribution is 2.50. The van der Waals surface area contributed by atoms with E-state index in [1.165, 1.54) is 120 Å². The number of anilines is 3. The summed E-state index contributed by atoms with van der Waals surface area (Å²) in [6, 6.07) is 92.3. The maximum absolute atomic E-state index is 2.56. The number of rotatable bonds is 9. The Morgan fingerprint density at radius 1 is 0.343 bits per heavy atom. The largest absolute Gasteiger partial charge is 0.309 e. The fraction of sp³-hybridized carbons (Fsp3) is 0.0882. The standard InChI is InChI=1S/C68H52N2/c1-4-21-48(22-5-1)57-44-43-52(56-36-17-26-47-25-10-11-33-55(47)56)46-66(57)70(63-40-14-12-34-60(63)61-39-19-28-50-27-18-37-58(67(50)61)49-23-6-2-7-24-49)54-32-16-29-51(45-54)59-38-20-42-65-68(59)62-35-13-15-41-64(62)69(65)53-30-8-3-9-31-53/h1,3-5,8-22,25-46,49H,2,6-7,23-24H2. The Morgan fingerprint density at radius 2 is 0.943 bits per heavy atom. The van der Waals surface area contributed by atoms with E-state index < -0.39 is 0 Å². The van der Waals surface area contributed by atoms with Gasteiger partial charge in [0.15, 0.2) is 0 Å². The number of para-hydroxylation sites is 3. The molecular formula is C68H52N2. The van der Waals surface area contributed by atoms with Crippen LogP contribution in [0.25, 0.3) is 93.5 Å². The van der Waals surface area contributed by atoms with E-state index in [2.05, 4.69) is 258 Å². The van der Waals surface area contributed by atoms with Crippen molar-refractivity contribution in [3.05, 3.63) is 254 Å². The first-order chi connectivity index (χ1) is 34.8. The van der Waals surface area contributed by atoms with Gasteiger partial charge < -0.3 is 9.47 Å². The van der Waals surface area contributed by atoms with Gasteiger partial charge in [-0.2, -0.15) is 0 Å². The van der Waals surface area contributed by atoms with Crippen LogP contribution >= 0.6 is 0 Å². The van der Waals surface area contributed by atoms with Crippen molar-refractivity contribution in [2.24, 2.45) is 0 Å². The molecule has 0 N–H and O–H groups in total. The first kappa shape index (κ1) is 41.7. The van der Waals surface area contributed by atoms with Gasteiger partial charge >= 0.3 is 0 Å². The van der Waals surface area contributed by atoms with Crippen LogP contribution in [0.4, 0.5) is 17.1 Å². The molecule has 1 aliphatic carbocycles. The average Bonchev–Trinajstić information content (AvgIpc) is 3.78. The van der Waals surface area contributed by atoms with Crippen LogP contribution in [0.2, 0.25) is 0 Å². The van der Waals surface area contributed by atoms with Crippen molar-refractivity contribution in [2.45, 2.75) is 38.0 Å². The Bertz CT molecular complexity index is 3860. The number of hydrogen-bond donors (Lipinski definition) is 0. The van der Waals surface area contributed by atoms with Crippen molar-refractivity contribution >= 4 is 60.4 Å². The Kier molecular flexibility index (Phi) is 10.7. The second-order valence-corrected chi connectivity index (χ2v) is 19.0. The third kappa shape index (κ3) is 7.27. The lowest BCUT2D eigenvalue weighted by atomic mass is 9.80. The minimum Gasteiger partial charge on any atom is -0.309 e. The predicted molar refractivity (Wildman–Crippen MR) is 298 cm³/mol. The zero-order valence-corrected chi connectivity index (χ0v) is 39.2. The Morgan fingerprint density at radius 3 is 1.80 bits per heavy atom. The summed E-state index contributed by atoms with van der Waals surface area (Å²) in [4.78, 5) is 2.56. The first-order valence-corrected chi connectivity index (χ1v) is 25.0. The van der Waals surface area contributed by atoms with Crippen molar-refractivity contribution in [3.63, 3.8) is 0 Å². The van der Waals surface area contributed by atoms with Crippen LogP contribution in [0.3, 0.4) is 0 Å². The molecule has 0 saturated heterocycles. The molecule has 1 saturated carbocycles. The zero-order chi connectivity index (χ0) is 46.4. The molecule has 0 amide bonds. The summed E-state index contributed by atoms with van der Waals surface area (Å²) in [5.74, 6) is 0.552. The van der Waals surface area contributed by atoms with E-state index in [1.807, 2.05) is 0 Å². The smallest absolute Gasteiger partial charge is 0.0547 e. The minimum absolute atomic E-state index is 0.552. The highest BCUT2D eigenvalue weighted by atomic mass is 15.1. The Labute approximate surface area is 410 Å². The SMILES string of the molecule is c1ccc(-c2ccc(-c3cccc4ccccc34)cc2N(c2cccc(-c3cccc4c3c3ccccc3n4-c3ccccc3)c2)c2ccccc2-c2cccc3cccc(C4CCCCC4)c23)cc1. The van der Waals surface area contributed by atoms with Crippen LogP contribution in [-0.4, -0.2) is 4.57 Å². The molecule has 12 aromatic rings. The van der Waals surface area contributed by atoms with Crippen molar-refractivity contribution in [1.29, 1.82) is 0 Å². The molecule has 1 aliphatic rings. The monoisotopic (exact) mass is 896 g/mol. The second-order valence-electron chi connectivity index (χ2n) is 19.0. The second kappa shape index (κ2) is 17.9. The maximum Gasteiger partial charge on any atom is 0.0547 e. The normalized spacial score (nSPS) is 13.1. The molecule has 1 fully saturated rings. The predicted octanol–water partition coefficient (Wildman–Crippen LogP) is 19.3.